The highest BCUT2D eigenvalue weighted by Crippen LogP contribution is 2.47. The lowest BCUT2D eigenvalue weighted by molar-refractivity contribution is 0.807. The molecule has 0 aromatic heterocycles. The van der Waals surface area contributed by atoms with Crippen molar-refractivity contribution in [1.29, 1.82) is 0 Å². The molecule has 1 nitrogen and oxygen atoms in total. The van der Waals surface area contributed by atoms with E-state index in [0.717, 1.165) is 11.6 Å². The van der Waals surface area contributed by atoms with Crippen molar-refractivity contribution in [3.05, 3.63) is 34.3 Å². The van der Waals surface area contributed by atoms with Gasteiger partial charge in [-0.3, -0.25) is 0 Å². The van der Waals surface area contributed by atoms with Gasteiger partial charge in [-0.25, -0.2) is 0 Å². The predicted molar refractivity (Wildman–Crippen MR) is 56.1 cm³/mol. The Labute approximate surface area is 83.9 Å². The van der Waals surface area contributed by atoms with Crippen LogP contribution in [0.15, 0.2) is 18.2 Å². The molecule has 1 aliphatic rings. The van der Waals surface area contributed by atoms with Crippen LogP contribution in [0, 0.1) is 12.8 Å². The van der Waals surface area contributed by atoms with E-state index in [1.165, 1.54) is 17.5 Å². The lowest BCUT2D eigenvalue weighted by Gasteiger charge is -2.04. The number of hydrogen-bond donors (Lipinski definition) is 1. The number of aryl methyl sites for hydroxylation is 1. The maximum absolute atomic E-state index is 5.89. The van der Waals surface area contributed by atoms with E-state index < -0.39 is 0 Å². The molecule has 0 amide bonds. The van der Waals surface area contributed by atoms with Crippen molar-refractivity contribution in [1.82, 2.24) is 0 Å². The Morgan fingerprint density at radius 2 is 2.31 bits per heavy atom. The summed E-state index contributed by atoms with van der Waals surface area (Å²) in [5.74, 6) is 1.40. The second-order valence-electron chi connectivity index (χ2n) is 3.84. The van der Waals surface area contributed by atoms with Gasteiger partial charge in [0.1, 0.15) is 0 Å². The Bertz CT molecular complexity index is 322. The van der Waals surface area contributed by atoms with Crippen molar-refractivity contribution in [3.8, 4) is 0 Å². The van der Waals surface area contributed by atoms with E-state index in [-0.39, 0.29) is 0 Å². The van der Waals surface area contributed by atoms with Gasteiger partial charge in [-0.1, -0.05) is 17.7 Å². The van der Waals surface area contributed by atoms with Crippen LogP contribution in [0.4, 0.5) is 0 Å². The standard InChI is InChI=1S/C11H14ClN/c1-7-4-9(12)2-3-10(7)11-5-8(11)6-13/h2-4,8,11H,5-6,13H2,1H3/t8-,11+/m0/s1. The highest BCUT2D eigenvalue weighted by Gasteiger charge is 2.37. The summed E-state index contributed by atoms with van der Waals surface area (Å²) >= 11 is 5.89. The van der Waals surface area contributed by atoms with Crippen LogP contribution in [-0.2, 0) is 0 Å². The Balaban J connectivity index is 2.22. The first-order chi connectivity index (χ1) is 6.22. The quantitative estimate of drug-likeness (QED) is 0.772. The molecule has 0 bridgehead atoms. The Hall–Kier alpha value is -0.530. The topological polar surface area (TPSA) is 26.0 Å². The lowest BCUT2D eigenvalue weighted by Crippen LogP contribution is -2.02. The Kier molecular flexibility index (Phi) is 2.31. The maximum atomic E-state index is 5.89. The van der Waals surface area contributed by atoms with Crippen molar-refractivity contribution in [2.75, 3.05) is 6.54 Å². The fraction of sp³-hybridized carbons (Fsp3) is 0.455. The molecule has 70 valence electrons. The first kappa shape index (κ1) is 9.04. The molecular weight excluding hydrogens is 182 g/mol. The number of halogens is 1. The van der Waals surface area contributed by atoms with Crippen LogP contribution in [0.5, 0.6) is 0 Å². The van der Waals surface area contributed by atoms with Gasteiger partial charge in [-0.05, 0) is 55.0 Å². The molecule has 0 heterocycles. The predicted octanol–water partition coefficient (Wildman–Crippen LogP) is 2.71. The van der Waals surface area contributed by atoms with Gasteiger partial charge < -0.3 is 5.73 Å². The highest BCUT2D eigenvalue weighted by molar-refractivity contribution is 6.30. The average Bonchev–Trinajstić information content (AvgIpc) is 2.83. The van der Waals surface area contributed by atoms with E-state index in [2.05, 4.69) is 13.0 Å². The smallest absolute Gasteiger partial charge is 0.0408 e. The first-order valence-electron chi connectivity index (χ1n) is 4.68. The monoisotopic (exact) mass is 195 g/mol. The van der Waals surface area contributed by atoms with Crippen LogP contribution in [0.25, 0.3) is 0 Å². The molecule has 0 radical (unpaired) electrons. The minimum atomic E-state index is 0.697. The fourth-order valence-electron chi connectivity index (χ4n) is 1.94. The van der Waals surface area contributed by atoms with E-state index in [0.29, 0.717) is 11.8 Å². The number of hydrogen-bond acceptors (Lipinski definition) is 1. The molecule has 1 aromatic rings. The van der Waals surface area contributed by atoms with Gasteiger partial charge in [0.25, 0.3) is 0 Å². The van der Waals surface area contributed by atoms with Gasteiger partial charge in [-0.15, -0.1) is 0 Å². The molecule has 1 aromatic carbocycles. The maximum Gasteiger partial charge on any atom is 0.0408 e. The van der Waals surface area contributed by atoms with Crippen molar-refractivity contribution in [2.45, 2.75) is 19.3 Å². The third kappa shape index (κ3) is 1.72. The third-order valence-electron chi connectivity index (χ3n) is 2.86. The minimum Gasteiger partial charge on any atom is -0.330 e. The second kappa shape index (κ2) is 3.32. The summed E-state index contributed by atoms with van der Waals surface area (Å²) in [5.41, 5.74) is 8.35. The highest BCUT2D eigenvalue weighted by atomic mass is 35.5. The van der Waals surface area contributed by atoms with E-state index in [1.54, 1.807) is 0 Å². The van der Waals surface area contributed by atoms with Gasteiger partial charge in [0.15, 0.2) is 0 Å². The van der Waals surface area contributed by atoms with Crippen LogP contribution in [0.3, 0.4) is 0 Å². The largest absolute Gasteiger partial charge is 0.330 e. The number of nitrogens with two attached hydrogens (primary N) is 1. The van der Waals surface area contributed by atoms with Gasteiger partial charge in [0, 0.05) is 5.02 Å². The van der Waals surface area contributed by atoms with Crippen molar-refractivity contribution < 1.29 is 0 Å². The first-order valence-corrected chi connectivity index (χ1v) is 5.06. The summed E-state index contributed by atoms with van der Waals surface area (Å²) < 4.78 is 0. The molecule has 0 aliphatic heterocycles. The summed E-state index contributed by atoms with van der Waals surface area (Å²) in [7, 11) is 0. The number of rotatable bonds is 2. The molecule has 2 rings (SSSR count). The fourth-order valence-corrected chi connectivity index (χ4v) is 2.17. The zero-order valence-electron chi connectivity index (χ0n) is 7.76. The lowest BCUT2D eigenvalue weighted by atomic mass is 10.0. The van der Waals surface area contributed by atoms with Crippen molar-refractivity contribution in [3.63, 3.8) is 0 Å². The van der Waals surface area contributed by atoms with E-state index in [1.807, 2.05) is 12.1 Å². The summed E-state index contributed by atoms with van der Waals surface area (Å²) in [6.07, 6.45) is 1.25. The normalized spacial score (nSPS) is 26.1. The van der Waals surface area contributed by atoms with Gasteiger partial charge in [0.05, 0.1) is 0 Å². The van der Waals surface area contributed by atoms with Crippen LogP contribution >= 0.6 is 11.6 Å². The molecule has 0 saturated heterocycles. The molecule has 0 spiro atoms. The van der Waals surface area contributed by atoms with E-state index in [9.17, 15) is 0 Å². The zero-order valence-corrected chi connectivity index (χ0v) is 8.51. The second-order valence-corrected chi connectivity index (χ2v) is 4.28. The van der Waals surface area contributed by atoms with E-state index >= 15 is 0 Å². The van der Waals surface area contributed by atoms with Crippen LogP contribution < -0.4 is 5.73 Å². The van der Waals surface area contributed by atoms with Crippen LogP contribution in [-0.4, -0.2) is 6.54 Å². The molecular formula is C11H14ClN. The van der Waals surface area contributed by atoms with Crippen molar-refractivity contribution >= 4 is 11.6 Å². The average molecular weight is 196 g/mol. The van der Waals surface area contributed by atoms with Gasteiger partial charge >= 0.3 is 0 Å². The van der Waals surface area contributed by atoms with Crippen LogP contribution in [0.1, 0.15) is 23.5 Å². The van der Waals surface area contributed by atoms with Crippen molar-refractivity contribution in [2.24, 2.45) is 11.7 Å². The Morgan fingerprint density at radius 1 is 1.54 bits per heavy atom. The van der Waals surface area contributed by atoms with Gasteiger partial charge in [0.2, 0.25) is 0 Å². The number of benzene rings is 1. The summed E-state index contributed by atoms with van der Waals surface area (Å²) in [6.45, 7) is 2.93. The summed E-state index contributed by atoms with van der Waals surface area (Å²) in [4.78, 5) is 0. The molecule has 2 atom stereocenters. The zero-order chi connectivity index (χ0) is 9.42. The molecule has 2 N–H and O–H groups in total. The van der Waals surface area contributed by atoms with Crippen LogP contribution in [0.2, 0.25) is 5.02 Å². The molecule has 1 fully saturated rings. The van der Waals surface area contributed by atoms with E-state index in [4.69, 9.17) is 17.3 Å². The SMILES string of the molecule is Cc1cc(Cl)ccc1[C@@H]1C[C@H]1CN. The van der Waals surface area contributed by atoms with Gasteiger partial charge in [-0.2, -0.15) is 0 Å². The molecule has 13 heavy (non-hydrogen) atoms. The summed E-state index contributed by atoms with van der Waals surface area (Å²) in [6, 6.07) is 6.14. The Morgan fingerprint density at radius 3 is 2.85 bits per heavy atom. The molecule has 1 aliphatic carbocycles. The molecule has 1 saturated carbocycles. The summed E-state index contributed by atoms with van der Waals surface area (Å²) in [5, 5.41) is 0.825. The minimum absolute atomic E-state index is 0.697. The molecule has 0 unspecified atom stereocenters. The third-order valence-corrected chi connectivity index (χ3v) is 3.09. The molecule has 2 heteroatoms.